The van der Waals surface area contributed by atoms with Gasteiger partial charge >= 0.3 is 11.9 Å². The second-order valence-electron chi connectivity index (χ2n) is 7.37. The highest BCUT2D eigenvalue weighted by Crippen LogP contribution is 2.38. The smallest absolute Gasteiger partial charge is 0.356 e. The summed E-state index contributed by atoms with van der Waals surface area (Å²) in [6.45, 7) is 2.66. The van der Waals surface area contributed by atoms with Crippen molar-refractivity contribution in [2.24, 2.45) is 0 Å². The molecule has 0 bridgehead atoms. The fourth-order valence-electron chi connectivity index (χ4n) is 3.84. The molecule has 0 aliphatic heterocycles. The van der Waals surface area contributed by atoms with Crippen LogP contribution in [0.4, 0.5) is 0 Å². The van der Waals surface area contributed by atoms with Gasteiger partial charge in [0.1, 0.15) is 9.71 Å². The van der Waals surface area contributed by atoms with Gasteiger partial charge < -0.3 is 14.0 Å². The van der Waals surface area contributed by atoms with Gasteiger partial charge in [-0.3, -0.25) is 0 Å². The van der Waals surface area contributed by atoms with Crippen molar-refractivity contribution in [1.29, 1.82) is 0 Å². The number of aromatic nitrogens is 2. The molecular formula is C25H20N2O4S2. The number of nitrogens with zero attached hydrogens (tertiary/aromatic N) is 2. The first-order valence-corrected chi connectivity index (χ1v) is 12.1. The molecule has 6 nitrogen and oxygen atoms in total. The van der Waals surface area contributed by atoms with Crippen LogP contribution in [0.15, 0.2) is 60.0 Å². The van der Waals surface area contributed by atoms with Gasteiger partial charge in [-0.05, 0) is 42.1 Å². The summed E-state index contributed by atoms with van der Waals surface area (Å²) in [6.07, 6.45) is 0. The summed E-state index contributed by atoms with van der Waals surface area (Å²) in [5.74, 6) is -0.795. The fourth-order valence-corrected chi connectivity index (χ4v) is 5.73. The quantitative estimate of drug-likeness (QED) is 0.282. The lowest BCUT2D eigenvalue weighted by molar-refractivity contribution is 0.0519. The van der Waals surface area contributed by atoms with E-state index in [1.54, 1.807) is 24.3 Å². The number of hydrogen-bond acceptors (Lipinski definition) is 7. The summed E-state index contributed by atoms with van der Waals surface area (Å²) in [5.41, 5.74) is 3.00. The monoisotopic (exact) mass is 476 g/mol. The first-order chi connectivity index (χ1) is 16.1. The number of ether oxygens (including phenoxy) is 2. The molecule has 1 aromatic carbocycles. The van der Waals surface area contributed by atoms with E-state index < -0.39 is 5.97 Å². The van der Waals surface area contributed by atoms with Crippen molar-refractivity contribution in [2.45, 2.75) is 13.5 Å². The van der Waals surface area contributed by atoms with E-state index in [9.17, 15) is 9.59 Å². The molecule has 0 saturated heterocycles. The number of hydrogen-bond donors (Lipinski definition) is 0. The minimum absolute atomic E-state index is 0.285. The summed E-state index contributed by atoms with van der Waals surface area (Å²) in [4.78, 5) is 30.9. The van der Waals surface area contributed by atoms with Crippen molar-refractivity contribution in [3.8, 4) is 11.4 Å². The molecule has 5 rings (SSSR count). The molecule has 0 amide bonds. The third-order valence-electron chi connectivity index (χ3n) is 5.32. The summed E-state index contributed by atoms with van der Waals surface area (Å²) < 4.78 is 13.3. The summed E-state index contributed by atoms with van der Waals surface area (Å²) in [7, 11) is 1.38. The van der Waals surface area contributed by atoms with Crippen LogP contribution >= 0.6 is 22.7 Å². The van der Waals surface area contributed by atoms with Crippen LogP contribution in [0.2, 0.25) is 0 Å². The summed E-state index contributed by atoms with van der Waals surface area (Å²) in [5, 5.41) is 3.89. The lowest BCUT2D eigenvalue weighted by atomic mass is 10.1. The van der Waals surface area contributed by atoms with Crippen molar-refractivity contribution < 1.29 is 19.1 Å². The zero-order valence-electron chi connectivity index (χ0n) is 18.0. The third kappa shape index (κ3) is 3.92. The zero-order valence-corrected chi connectivity index (χ0v) is 19.7. The predicted molar refractivity (Wildman–Crippen MR) is 131 cm³/mol. The van der Waals surface area contributed by atoms with Crippen molar-refractivity contribution in [1.82, 2.24) is 9.55 Å². The van der Waals surface area contributed by atoms with Crippen molar-refractivity contribution in [3.63, 3.8) is 0 Å². The average molecular weight is 477 g/mol. The van der Waals surface area contributed by atoms with Crippen LogP contribution in [-0.2, 0) is 16.0 Å². The second-order valence-corrected chi connectivity index (χ2v) is 9.35. The van der Waals surface area contributed by atoms with Crippen LogP contribution in [-0.4, -0.2) is 35.2 Å². The molecule has 0 radical (unpaired) electrons. The molecule has 0 aliphatic rings. The first kappa shape index (κ1) is 21.4. The largest absolute Gasteiger partial charge is 0.465 e. The highest BCUT2D eigenvalue weighted by molar-refractivity contribution is 7.20. The minimum atomic E-state index is -0.440. The third-order valence-corrected chi connectivity index (χ3v) is 7.33. The SMILES string of the molecule is CCOC(=O)c1cc2sccc2c(-c2cc3cc(C(=O)OC)sc3n2Cc2ccccc2)n1. The summed E-state index contributed by atoms with van der Waals surface area (Å²) in [6, 6.07) is 17.8. The van der Waals surface area contributed by atoms with Crippen LogP contribution in [0.25, 0.3) is 31.7 Å². The van der Waals surface area contributed by atoms with E-state index in [1.807, 2.05) is 41.8 Å². The van der Waals surface area contributed by atoms with E-state index in [0.717, 1.165) is 37.3 Å². The number of fused-ring (bicyclic) bond motifs is 2. The van der Waals surface area contributed by atoms with Gasteiger partial charge in [-0.15, -0.1) is 22.7 Å². The Morgan fingerprint density at radius 3 is 2.64 bits per heavy atom. The van der Waals surface area contributed by atoms with Crippen molar-refractivity contribution in [3.05, 3.63) is 76.1 Å². The van der Waals surface area contributed by atoms with Gasteiger partial charge in [-0.25, -0.2) is 14.6 Å². The van der Waals surface area contributed by atoms with Gasteiger partial charge in [0, 0.05) is 22.0 Å². The minimum Gasteiger partial charge on any atom is -0.465 e. The van der Waals surface area contributed by atoms with Crippen LogP contribution in [0.1, 0.15) is 32.6 Å². The Morgan fingerprint density at radius 1 is 1.06 bits per heavy atom. The molecule has 0 fully saturated rings. The Bertz CT molecular complexity index is 1480. The molecule has 166 valence electrons. The van der Waals surface area contributed by atoms with E-state index in [1.165, 1.54) is 18.4 Å². The molecule has 0 N–H and O–H groups in total. The molecule has 8 heteroatoms. The lowest BCUT2D eigenvalue weighted by Gasteiger charge is -2.12. The van der Waals surface area contributed by atoms with E-state index in [-0.39, 0.29) is 18.3 Å². The molecule has 0 aliphatic carbocycles. The number of esters is 2. The van der Waals surface area contributed by atoms with E-state index in [0.29, 0.717) is 11.4 Å². The Balaban J connectivity index is 1.74. The lowest BCUT2D eigenvalue weighted by Crippen LogP contribution is -2.09. The van der Waals surface area contributed by atoms with Crippen LogP contribution in [0.5, 0.6) is 0 Å². The number of pyridine rings is 1. The highest BCUT2D eigenvalue weighted by Gasteiger charge is 2.22. The number of benzene rings is 1. The second kappa shape index (κ2) is 8.80. The number of thiophene rings is 2. The molecule has 5 aromatic rings. The molecule has 0 saturated carbocycles. The zero-order chi connectivity index (χ0) is 22.9. The van der Waals surface area contributed by atoms with Crippen LogP contribution < -0.4 is 0 Å². The first-order valence-electron chi connectivity index (χ1n) is 10.4. The molecule has 4 heterocycles. The number of methoxy groups -OCH3 is 1. The van der Waals surface area contributed by atoms with Gasteiger partial charge in [-0.2, -0.15) is 0 Å². The maximum absolute atomic E-state index is 12.5. The van der Waals surface area contributed by atoms with Crippen molar-refractivity contribution >= 4 is 54.9 Å². The Hall–Kier alpha value is -3.49. The Labute approximate surface area is 198 Å². The van der Waals surface area contributed by atoms with Gasteiger partial charge in [-0.1, -0.05) is 30.3 Å². The molecule has 4 aromatic heterocycles. The van der Waals surface area contributed by atoms with Gasteiger partial charge in [0.15, 0.2) is 5.69 Å². The normalized spacial score (nSPS) is 11.2. The number of carbonyl (C=O) groups is 2. The van der Waals surface area contributed by atoms with Crippen molar-refractivity contribution in [2.75, 3.05) is 13.7 Å². The predicted octanol–water partition coefficient (Wildman–Crippen LogP) is 5.99. The maximum atomic E-state index is 12.5. The van der Waals surface area contributed by atoms with Gasteiger partial charge in [0.05, 0.1) is 25.1 Å². The standard InChI is InChI=1S/C25H20N2O4S2/c1-3-31-24(28)18-13-20-17(9-10-32-20)22(26-18)19-11-16-12-21(25(29)30-2)33-23(16)27(19)14-15-7-5-4-6-8-15/h4-13H,3,14H2,1-2H3. The Morgan fingerprint density at radius 2 is 1.88 bits per heavy atom. The van der Waals surface area contributed by atoms with E-state index >= 15 is 0 Å². The fraction of sp³-hybridized carbons (Fsp3) is 0.160. The average Bonchev–Trinajstić information content (AvgIpc) is 3.54. The molecule has 33 heavy (non-hydrogen) atoms. The Kier molecular flexibility index (Phi) is 5.70. The molecule has 0 spiro atoms. The topological polar surface area (TPSA) is 70.4 Å². The number of carbonyl (C=O) groups excluding carboxylic acids is 2. The molecule has 0 unspecified atom stereocenters. The molecular weight excluding hydrogens is 456 g/mol. The van der Waals surface area contributed by atoms with Crippen LogP contribution in [0.3, 0.4) is 0 Å². The highest BCUT2D eigenvalue weighted by atomic mass is 32.1. The van der Waals surface area contributed by atoms with E-state index in [4.69, 9.17) is 14.5 Å². The van der Waals surface area contributed by atoms with Gasteiger partial charge in [0.2, 0.25) is 0 Å². The molecule has 0 atom stereocenters. The van der Waals surface area contributed by atoms with Crippen LogP contribution in [0, 0.1) is 0 Å². The van der Waals surface area contributed by atoms with E-state index in [2.05, 4.69) is 16.7 Å². The number of rotatable bonds is 6. The summed E-state index contributed by atoms with van der Waals surface area (Å²) >= 11 is 2.95. The maximum Gasteiger partial charge on any atom is 0.356 e. The van der Waals surface area contributed by atoms with Gasteiger partial charge in [0.25, 0.3) is 0 Å².